The number of rotatable bonds is 2. The summed E-state index contributed by atoms with van der Waals surface area (Å²) in [5.41, 5.74) is 5.99. The second-order valence-corrected chi connectivity index (χ2v) is 4.18. The van der Waals surface area contributed by atoms with Crippen LogP contribution >= 0.6 is 0 Å². The number of nitrogens with zero attached hydrogens (tertiary/aromatic N) is 2. The van der Waals surface area contributed by atoms with Crippen molar-refractivity contribution in [2.75, 3.05) is 0 Å². The summed E-state index contributed by atoms with van der Waals surface area (Å²) in [4.78, 5) is 4.36. The molecule has 3 heteroatoms. The number of aryl methyl sites for hydroxylation is 1. The van der Waals surface area contributed by atoms with Gasteiger partial charge in [0.2, 0.25) is 0 Å². The fraction of sp³-hybridized carbons (Fsp3) is 0.727. The molecule has 2 unspecified atom stereocenters. The summed E-state index contributed by atoms with van der Waals surface area (Å²) >= 11 is 0. The molecule has 1 saturated carbocycles. The van der Waals surface area contributed by atoms with Gasteiger partial charge in [0, 0.05) is 30.9 Å². The smallest absolute Gasteiger partial charge is 0.108 e. The van der Waals surface area contributed by atoms with E-state index in [1.54, 1.807) is 0 Å². The monoisotopic (exact) mass is 193 g/mol. The van der Waals surface area contributed by atoms with Gasteiger partial charge in [0.05, 0.1) is 0 Å². The molecule has 2 atom stereocenters. The largest absolute Gasteiger partial charge is 0.332 e. The first-order chi connectivity index (χ1) is 6.81. The minimum atomic E-state index is 0.390. The molecule has 14 heavy (non-hydrogen) atoms. The van der Waals surface area contributed by atoms with Crippen LogP contribution in [0.25, 0.3) is 0 Å². The molecule has 1 fully saturated rings. The van der Waals surface area contributed by atoms with Gasteiger partial charge in [0.1, 0.15) is 5.82 Å². The molecule has 2 rings (SSSR count). The number of nitrogens with two attached hydrogens (primary N) is 1. The average Bonchev–Trinajstić information content (AvgIpc) is 2.65. The molecule has 0 saturated heterocycles. The van der Waals surface area contributed by atoms with Crippen molar-refractivity contribution in [2.45, 2.75) is 51.1 Å². The lowest BCUT2D eigenvalue weighted by atomic mass is 9.91. The zero-order valence-electron chi connectivity index (χ0n) is 8.82. The van der Waals surface area contributed by atoms with Crippen LogP contribution in [0.5, 0.6) is 0 Å². The third-order valence-corrected chi connectivity index (χ3v) is 3.15. The zero-order chi connectivity index (χ0) is 9.97. The predicted molar refractivity (Wildman–Crippen MR) is 57.1 cm³/mol. The van der Waals surface area contributed by atoms with Crippen molar-refractivity contribution >= 4 is 0 Å². The first-order valence-corrected chi connectivity index (χ1v) is 5.58. The molecule has 1 heterocycles. The van der Waals surface area contributed by atoms with Crippen LogP contribution in [0.3, 0.4) is 0 Å². The summed E-state index contributed by atoms with van der Waals surface area (Å²) in [5.74, 6) is 1.20. The van der Waals surface area contributed by atoms with E-state index in [-0.39, 0.29) is 0 Å². The summed E-state index contributed by atoms with van der Waals surface area (Å²) in [6.07, 6.45) is 9.83. The second kappa shape index (κ2) is 4.13. The predicted octanol–water partition coefficient (Wildman–Crippen LogP) is 1.89. The van der Waals surface area contributed by atoms with Crippen LogP contribution < -0.4 is 5.73 Å². The van der Waals surface area contributed by atoms with Crippen LogP contribution in [0.15, 0.2) is 12.4 Å². The highest BCUT2D eigenvalue weighted by molar-refractivity contribution is 4.96. The molecule has 1 aliphatic carbocycles. The van der Waals surface area contributed by atoms with Gasteiger partial charge in [-0.2, -0.15) is 0 Å². The Balaban J connectivity index is 2.13. The Bertz CT molecular complexity index is 292. The summed E-state index contributed by atoms with van der Waals surface area (Å²) in [6, 6.07) is 0.983. The lowest BCUT2D eigenvalue weighted by Crippen LogP contribution is -2.29. The van der Waals surface area contributed by atoms with Gasteiger partial charge >= 0.3 is 0 Å². The normalized spacial score (nSPS) is 27.9. The summed E-state index contributed by atoms with van der Waals surface area (Å²) in [7, 11) is 0. The standard InChI is InChI=1S/C11H19N3/c1-2-11-13-6-7-14(11)10-5-3-4-9(12)8-10/h6-7,9-10H,2-5,8,12H2,1H3. The Labute approximate surface area is 85.3 Å². The minimum Gasteiger partial charge on any atom is -0.332 e. The molecule has 0 aliphatic heterocycles. The quantitative estimate of drug-likeness (QED) is 0.779. The molecule has 1 aliphatic rings. The van der Waals surface area contributed by atoms with E-state index < -0.39 is 0 Å². The van der Waals surface area contributed by atoms with Gasteiger partial charge in [-0.25, -0.2) is 4.98 Å². The van der Waals surface area contributed by atoms with Crippen LogP contribution in [-0.4, -0.2) is 15.6 Å². The molecule has 2 N–H and O–H groups in total. The van der Waals surface area contributed by atoms with E-state index in [0.29, 0.717) is 12.1 Å². The molecule has 78 valence electrons. The maximum absolute atomic E-state index is 5.99. The van der Waals surface area contributed by atoms with Crippen molar-refractivity contribution in [3.8, 4) is 0 Å². The summed E-state index contributed by atoms with van der Waals surface area (Å²) in [5, 5.41) is 0. The molecule has 1 aromatic rings. The molecular formula is C11H19N3. The van der Waals surface area contributed by atoms with Gasteiger partial charge in [-0.1, -0.05) is 6.92 Å². The van der Waals surface area contributed by atoms with Gasteiger partial charge < -0.3 is 10.3 Å². The molecule has 0 radical (unpaired) electrons. The van der Waals surface area contributed by atoms with Gasteiger partial charge in [-0.05, 0) is 25.7 Å². The second-order valence-electron chi connectivity index (χ2n) is 4.18. The lowest BCUT2D eigenvalue weighted by molar-refractivity contribution is 0.314. The molecule has 0 bridgehead atoms. The van der Waals surface area contributed by atoms with Crippen molar-refractivity contribution in [2.24, 2.45) is 5.73 Å². The Morgan fingerprint density at radius 3 is 3.14 bits per heavy atom. The van der Waals surface area contributed by atoms with Crippen LogP contribution in [0.1, 0.15) is 44.5 Å². The van der Waals surface area contributed by atoms with Crippen molar-refractivity contribution in [3.63, 3.8) is 0 Å². The molecule has 0 aromatic carbocycles. The van der Waals surface area contributed by atoms with Gasteiger partial charge in [0.25, 0.3) is 0 Å². The molecule has 0 spiro atoms. The Kier molecular flexibility index (Phi) is 2.87. The first kappa shape index (κ1) is 9.71. The van der Waals surface area contributed by atoms with Crippen molar-refractivity contribution in [1.29, 1.82) is 0 Å². The van der Waals surface area contributed by atoms with E-state index in [2.05, 4.69) is 22.7 Å². The van der Waals surface area contributed by atoms with E-state index in [1.165, 1.54) is 25.1 Å². The number of hydrogen-bond acceptors (Lipinski definition) is 2. The van der Waals surface area contributed by atoms with Crippen LogP contribution in [0, 0.1) is 0 Å². The highest BCUT2D eigenvalue weighted by Crippen LogP contribution is 2.28. The van der Waals surface area contributed by atoms with E-state index in [0.717, 1.165) is 12.8 Å². The van der Waals surface area contributed by atoms with Gasteiger partial charge in [-0.15, -0.1) is 0 Å². The van der Waals surface area contributed by atoms with Crippen LogP contribution in [0.2, 0.25) is 0 Å². The van der Waals surface area contributed by atoms with Crippen LogP contribution in [-0.2, 0) is 6.42 Å². The Hall–Kier alpha value is -0.830. The SMILES string of the molecule is CCc1nccn1C1CCCC(N)C1. The van der Waals surface area contributed by atoms with Crippen LogP contribution in [0.4, 0.5) is 0 Å². The average molecular weight is 193 g/mol. The molecule has 3 nitrogen and oxygen atoms in total. The number of hydrogen-bond donors (Lipinski definition) is 1. The maximum atomic E-state index is 5.99. The topological polar surface area (TPSA) is 43.8 Å². The third kappa shape index (κ3) is 1.82. The van der Waals surface area contributed by atoms with Crippen molar-refractivity contribution < 1.29 is 0 Å². The van der Waals surface area contributed by atoms with Gasteiger partial charge in [0.15, 0.2) is 0 Å². The zero-order valence-corrected chi connectivity index (χ0v) is 8.82. The molecular weight excluding hydrogens is 174 g/mol. The number of aromatic nitrogens is 2. The fourth-order valence-corrected chi connectivity index (χ4v) is 2.40. The van der Waals surface area contributed by atoms with Gasteiger partial charge in [-0.3, -0.25) is 0 Å². The molecule has 1 aromatic heterocycles. The third-order valence-electron chi connectivity index (χ3n) is 3.15. The maximum Gasteiger partial charge on any atom is 0.108 e. The summed E-state index contributed by atoms with van der Waals surface area (Å²) in [6.45, 7) is 2.15. The Morgan fingerprint density at radius 1 is 1.57 bits per heavy atom. The highest BCUT2D eigenvalue weighted by atomic mass is 15.1. The minimum absolute atomic E-state index is 0.390. The van der Waals surface area contributed by atoms with E-state index in [1.807, 2.05) is 6.20 Å². The van der Waals surface area contributed by atoms with Crippen molar-refractivity contribution in [1.82, 2.24) is 9.55 Å². The first-order valence-electron chi connectivity index (χ1n) is 5.58. The fourth-order valence-electron chi connectivity index (χ4n) is 2.40. The van der Waals surface area contributed by atoms with E-state index in [4.69, 9.17) is 5.73 Å². The van der Waals surface area contributed by atoms with E-state index in [9.17, 15) is 0 Å². The highest BCUT2D eigenvalue weighted by Gasteiger charge is 2.21. The van der Waals surface area contributed by atoms with Crippen molar-refractivity contribution in [3.05, 3.63) is 18.2 Å². The molecule has 0 amide bonds. The summed E-state index contributed by atoms with van der Waals surface area (Å²) < 4.78 is 2.32. The lowest BCUT2D eigenvalue weighted by Gasteiger charge is -2.28. The van der Waals surface area contributed by atoms with E-state index >= 15 is 0 Å². The number of imidazole rings is 1. The Morgan fingerprint density at radius 2 is 2.43 bits per heavy atom.